The fraction of sp³-hybridized carbons (Fsp3) is 0.107. The first kappa shape index (κ1) is 22.1. The first-order chi connectivity index (χ1) is 16.0. The Kier molecular flexibility index (Phi) is 6.69. The molecule has 4 nitrogen and oxygen atoms in total. The Morgan fingerprint density at radius 2 is 1.58 bits per heavy atom. The summed E-state index contributed by atoms with van der Waals surface area (Å²) < 4.78 is 13.9. The van der Waals surface area contributed by atoms with Crippen LogP contribution >= 0.6 is 0 Å². The second-order valence-corrected chi connectivity index (χ2v) is 7.77. The highest BCUT2D eigenvalue weighted by Gasteiger charge is 2.26. The zero-order chi connectivity index (χ0) is 23.2. The van der Waals surface area contributed by atoms with Crippen LogP contribution in [0.3, 0.4) is 0 Å². The van der Waals surface area contributed by atoms with Crippen molar-refractivity contribution in [2.24, 2.45) is 0 Å². The van der Waals surface area contributed by atoms with Gasteiger partial charge in [0.05, 0.1) is 5.56 Å². The number of phenolic OH excluding ortho intramolecular Hbond substituents is 1. The number of nitrogens with zero attached hydrogens (tertiary/aromatic N) is 1. The van der Waals surface area contributed by atoms with E-state index >= 15 is 0 Å². The van der Waals surface area contributed by atoms with Crippen LogP contribution in [0.2, 0.25) is 0 Å². The van der Waals surface area contributed by atoms with E-state index in [-0.39, 0.29) is 29.9 Å². The minimum atomic E-state index is -0.729. The van der Waals surface area contributed by atoms with Gasteiger partial charge in [-0.1, -0.05) is 54.6 Å². The summed E-state index contributed by atoms with van der Waals surface area (Å²) in [5, 5.41) is 10.2. The van der Waals surface area contributed by atoms with E-state index in [1.54, 1.807) is 24.5 Å². The third-order valence-corrected chi connectivity index (χ3v) is 5.60. The summed E-state index contributed by atoms with van der Waals surface area (Å²) in [7, 11) is 0. The molecule has 3 aromatic carbocycles. The number of aromatic hydroxyl groups is 1. The van der Waals surface area contributed by atoms with E-state index in [9.17, 15) is 19.1 Å². The molecule has 0 fully saturated rings. The second-order valence-electron chi connectivity index (χ2n) is 7.77. The van der Waals surface area contributed by atoms with Gasteiger partial charge in [0, 0.05) is 30.3 Å². The molecule has 0 aliphatic heterocycles. The fourth-order valence-corrected chi connectivity index (χ4v) is 3.87. The maximum absolute atomic E-state index is 13.9. The van der Waals surface area contributed by atoms with Crippen LogP contribution in [-0.2, 0) is 0 Å². The van der Waals surface area contributed by atoms with Gasteiger partial charge in [0.2, 0.25) is 0 Å². The lowest BCUT2D eigenvalue weighted by Crippen LogP contribution is -2.15. The van der Waals surface area contributed by atoms with Crippen LogP contribution in [0.15, 0.2) is 97.3 Å². The van der Waals surface area contributed by atoms with Crippen molar-refractivity contribution in [3.05, 3.63) is 120 Å². The highest BCUT2D eigenvalue weighted by Crippen LogP contribution is 2.32. The Morgan fingerprint density at radius 1 is 0.848 bits per heavy atom. The van der Waals surface area contributed by atoms with Crippen LogP contribution < -0.4 is 0 Å². The van der Waals surface area contributed by atoms with Crippen molar-refractivity contribution in [3.63, 3.8) is 0 Å². The molecule has 4 aromatic rings. The minimum absolute atomic E-state index is 0.0959. The molecule has 4 rings (SSSR count). The first-order valence-corrected chi connectivity index (χ1v) is 10.6. The van der Waals surface area contributed by atoms with Crippen LogP contribution in [0.5, 0.6) is 5.75 Å². The van der Waals surface area contributed by atoms with Crippen molar-refractivity contribution in [2.45, 2.75) is 18.8 Å². The van der Waals surface area contributed by atoms with Crippen molar-refractivity contribution in [1.29, 1.82) is 0 Å². The maximum atomic E-state index is 13.9. The standard InChI is InChI=1S/C28H22FNO3/c29-23-9-11-27(32)25(18-23)28(33)24(10-12-26(31)20-13-15-30-16-14-20)22-8-4-7-21(17-22)19-5-2-1-3-6-19/h1-9,11,13-18,24,32H,10,12H2. The summed E-state index contributed by atoms with van der Waals surface area (Å²) in [5.74, 6) is -2.17. The Bertz CT molecular complexity index is 1270. The van der Waals surface area contributed by atoms with Gasteiger partial charge in [-0.25, -0.2) is 4.39 Å². The summed E-state index contributed by atoms with van der Waals surface area (Å²) in [6, 6.07) is 23.8. The maximum Gasteiger partial charge on any atom is 0.174 e. The zero-order valence-corrected chi connectivity index (χ0v) is 17.8. The van der Waals surface area contributed by atoms with Gasteiger partial charge in [-0.15, -0.1) is 0 Å². The van der Waals surface area contributed by atoms with Gasteiger partial charge < -0.3 is 5.11 Å². The van der Waals surface area contributed by atoms with Gasteiger partial charge in [0.25, 0.3) is 0 Å². The van der Waals surface area contributed by atoms with Gasteiger partial charge in [0.1, 0.15) is 11.6 Å². The van der Waals surface area contributed by atoms with E-state index in [0.717, 1.165) is 23.3 Å². The number of hydrogen-bond donors (Lipinski definition) is 1. The predicted octanol–water partition coefficient (Wildman–Crippen LogP) is 6.22. The van der Waals surface area contributed by atoms with Gasteiger partial charge in [-0.2, -0.15) is 0 Å². The minimum Gasteiger partial charge on any atom is -0.507 e. The molecule has 0 amide bonds. The van der Waals surface area contributed by atoms with E-state index in [0.29, 0.717) is 11.1 Å². The second kappa shape index (κ2) is 10.0. The zero-order valence-electron chi connectivity index (χ0n) is 17.8. The Hall–Kier alpha value is -4.12. The third-order valence-electron chi connectivity index (χ3n) is 5.60. The molecule has 164 valence electrons. The summed E-state index contributed by atoms with van der Waals surface area (Å²) in [6.07, 6.45) is 3.42. The molecule has 1 N–H and O–H groups in total. The Labute approximate surface area is 191 Å². The highest BCUT2D eigenvalue weighted by molar-refractivity contribution is 6.04. The lowest BCUT2D eigenvalue weighted by molar-refractivity contribution is 0.0934. The number of hydrogen-bond acceptors (Lipinski definition) is 4. The molecule has 1 unspecified atom stereocenters. The number of ketones is 2. The number of carbonyl (C=O) groups excluding carboxylic acids is 2. The molecule has 1 heterocycles. The Morgan fingerprint density at radius 3 is 2.33 bits per heavy atom. The topological polar surface area (TPSA) is 67.3 Å². The van der Waals surface area contributed by atoms with Gasteiger partial charge in [-0.3, -0.25) is 14.6 Å². The SMILES string of the molecule is O=C(CCC(C(=O)c1cc(F)ccc1O)c1cccc(-c2ccccc2)c1)c1ccncc1. The van der Waals surface area contributed by atoms with Crippen molar-refractivity contribution >= 4 is 11.6 Å². The van der Waals surface area contributed by atoms with Crippen molar-refractivity contribution in [1.82, 2.24) is 4.98 Å². The van der Waals surface area contributed by atoms with Gasteiger partial charge in [-0.05, 0) is 53.4 Å². The van der Waals surface area contributed by atoms with Crippen molar-refractivity contribution in [2.75, 3.05) is 0 Å². The average molecular weight is 439 g/mol. The fourth-order valence-electron chi connectivity index (χ4n) is 3.87. The van der Waals surface area contributed by atoms with E-state index in [1.165, 1.54) is 6.07 Å². The molecular formula is C28H22FNO3. The van der Waals surface area contributed by atoms with Crippen LogP contribution in [0.1, 0.15) is 45.0 Å². The molecule has 5 heteroatoms. The molecule has 0 saturated heterocycles. The van der Waals surface area contributed by atoms with Crippen LogP contribution in [0, 0.1) is 5.82 Å². The average Bonchev–Trinajstić information content (AvgIpc) is 2.86. The number of pyridine rings is 1. The summed E-state index contributed by atoms with van der Waals surface area (Å²) in [5.41, 5.74) is 3.04. The first-order valence-electron chi connectivity index (χ1n) is 10.6. The number of benzene rings is 3. The number of aromatic nitrogens is 1. The quantitative estimate of drug-likeness (QED) is 0.331. The summed E-state index contributed by atoms with van der Waals surface area (Å²) >= 11 is 0. The number of rotatable bonds is 8. The number of carbonyl (C=O) groups is 2. The van der Waals surface area contributed by atoms with Crippen LogP contribution in [0.4, 0.5) is 4.39 Å². The molecule has 33 heavy (non-hydrogen) atoms. The lowest BCUT2D eigenvalue weighted by atomic mass is 9.84. The normalized spacial score (nSPS) is 11.7. The molecule has 0 aliphatic rings. The molecule has 0 aliphatic carbocycles. The summed E-state index contributed by atoms with van der Waals surface area (Å²) in [4.78, 5) is 30.1. The smallest absolute Gasteiger partial charge is 0.174 e. The predicted molar refractivity (Wildman–Crippen MR) is 125 cm³/mol. The van der Waals surface area contributed by atoms with Gasteiger partial charge in [0.15, 0.2) is 11.6 Å². The highest BCUT2D eigenvalue weighted by atomic mass is 19.1. The van der Waals surface area contributed by atoms with Crippen molar-refractivity contribution < 1.29 is 19.1 Å². The monoisotopic (exact) mass is 439 g/mol. The summed E-state index contributed by atoms with van der Waals surface area (Å²) in [6.45, 7) is 0. The third kappa shape index (κ3) is 5.21. The van der Waals surface area contributed by atoms with E-state index < -0.39 is 17.5 Å². The number of halogens is 1. The lowest BCUT2D eigenvalue weighted by Gasteiger charge is -2.18. The van der Waals surface area contributed by atoms with E-state index in [2.05, 4.69) is 4.98 Å². The molecule has 0 saturated carbocycles. The molecule has 1 aromatic heterocycles. The molecular weight excluding hydrogens is 417 g/mol. The Balaban J connectivity index is 1.69. The molecule has 0 spiro atoms. The van der Waals surface area contributed by atoms with Gasteiger partial charge >= 0.3 is 0 Å². The van der Waals surface area contributed by atoms with E-state index in [4.69, 9.17) is 0 Å². The number of phenols is 1. The van der Waals surface area contributed by atoms with Crippen molar-refractivity contribution in [3.8, 4) is 16.9 Å². The van der Waals surface area contributed by atoms with E-state index in [1.807, 2.05) is 54.6 Å². The van der Waals surface area contributed by atoms with Crippen LogP contribution in [0.25, 0.3) is 11.1 Å². The largest absolute Gasteiger partial charge is 0.507 e. The van der Waals surface area contributed by atoms with Crippen LogP contribution in [-0.4, -0.2) is 21.7 Å². The molecule has 1 atom stereocenters. The molecule has 0 radical (unpaired) electrons. The number of Topliss-reactive ketones (excluding diaryl/α,β-unsaturated/α-hetero) is 2. The molecule has 0 bridgehead atoms.